The first-order chi connectivity index (χ1) is 9.45. The van der Waals surface area contributed by atoms with Crippen molar-refractivity contribution in [3.8, 4) is 0 Å². The second-order valence-electron chi connectivity index (χ2n) is 4.78. The number of hydrogen-bond donors (Lipinski definition) is 1. The van der Waals surface area contributed by atoms with Crippen LogP contribution in [-0.2, 0) is 11.2 Å². The van der Waals surface area contributed by atoms with Crippen molar-refractivity contribution in [2.75, 3.05) is 5.32 Å². The number of carbonyl (C=O) groups is 1. The fourth-order valence-electron chi connectivity index (χ4n) is 1.95. The highest BCUT2D eigenvalue weighted by atomic mass is 35.5. The summed E-state index contributed by atoms with van der Waals surface area (Å²) in [4.78, 5) is 12.1. The van der Waals surface area contributed by atoms with Gasteiger partial charge in [-0.2, -0.15) is 0 Å². The van der Waals surface area contributed by atoms with Gasteiger partial charge in [0.2, 0.25) is 5.91 Å². The molecule has 0 aliphatic carbocycles. The lowest BCUT2D eigenvalue weighted by atomic mass is 10.0. The van der Waals surface area contributed by atoms with Crippen molar-refractivity contribution in [2.45, 2.75) is 20.3 Å². The summed E-state index contributed by atoms with van der Waals surface area (Å²) in [5, 5.41) is 3.80. The molecule has 20 heavy (non-hydrogen) atoms. The van der Waals surface area contributed by atoms with Crippen molar-refractivity contribution in [3.05, 3.63) is 63.1 Å². The van der Waals surface area contributed by atoms with E-state index < -0.39 is 0 Å². The minimum absolute atomic E-state index is 0.108. The fourth-order valence-corrected chi connectivity index (χ4v) is 2.29. The van der Waals surface area contributed by atoms with Crippen LogP contribution in [-0.4, -0.2) is 5.91 Å². The van der Waals surface area contributed by atoms with E-state index in [1.54, 1.807) is 18.2 Å². The molecule has 0 aliphatic rings. The average Bonchev–Trinajstić information content (AvgIpc) is 2.38. The van der Waals surface area contributed by atoms with Gasteiger partial charge in [-0.3, -0.25) is 4.79 Å². The molecule has 0 bridgehead atoms. The van der Waals surface area contributed by atoms with Crippen LogP contribution in [0.15, 0.2) is 36.4 Å². The molecule has 0 spiro atoms. The van der Waals surface area contributed by atoms with Crippen LogP contribution in [0.5, 0.6) is 0 Å². The zero-order chi connectivity index (χ0) is 14.7. The Hall–Kier alpha value is -1.51. The molecule has 2 aromatic rings. The Morgan fingerprint density at radius 1 is 1.10 bits per heavy atom. The standard InChI is InChI=1S/C16H15Cl2NO/c1-10-3-4-11(2)12(7-10)8-16(20)19-15-9-13(17)5-6-14(15)18/h3-7,9H,8H2,1-2H3,(H,19,20). The first-order valence-corrected chi connectivity index (χ1v) is 7.02. The summed E-state index contributed by atoms with van der Waals surface area (Å²) in [6.45, 7) is 4.00. The van der Waals surface area contributed by atoms with Gasteiger partial charge in [0, 0.05) is 5.02 Å². The van der Waals surface area contributed by atoms with Gasteiger partial charge in [-0.15, -0.1) is 0 Å². The predicted octanol–water partition coefficient (Wildman–Crippen LogP) is 4.79. The van der Waals surface area contributed by atoms with E-state index in [1.165, 1.54) is 0 Å². The summed E-state index contributed by atoms with van der Waals surface area (Å²) < 4.78 is 0. The van der Waals surface area contributed by atoms with Gasteiger partial charge in [-0.1, -0.05) is 47.0 Å². The maximum Gasteiger partial charge on any atom is 0.228 e. The summed E-state index contributed by atoms with van der Waals surface area (Å²) in [7, 11) is 0. The maximum absolute atomic E-state index is 12.1. The number of amides is 1. The monoisotopic (exact) mass is 307 g/mol. The molecule has 0 atom stereocenters. The van der Waals surface area contributed by atoms with E-state index in [0.717, 1.165) is 16.7 Å². The van der Waals surface area contributed by atoms with Gasteiger partial charge < -0.3 is 5.32 Å². The number of aryl methyl sites for hydroxylation is 2. The van der Waals surface area contributed by atoms with Crippen molar-refractivity contribution in [2.24, 2.45) is 0 Å². The van der Waals surface area contributed by atoms with Gasteiger partial charge in [-0.25, -0.2) is 0 Å². The molecule has 0 fully saturated rings. The zero-order valence-electron chi connectivity index (χ0n) is 11.3. The molecule has 4 heteroatoms. The molecule has 2 rings (SSSR count). The summed E-state index contributed by atoms with van der Waals surface area (Å²) in [5.41, 5.74) is 3.79. The number of halogens is 2. The summed E-state index contributed by atoms with van der Waals surface area (Å²) in [6.07, 6.45) is 0.316. The van der Waals surface area contributed by atoms with Crippen molar-refractivity contribution in [1.29, 1.82) is 0 Å². The molecule has 104 valence electrons. The van der Waals surface area contributed by atoms with Gasteiger partial charge in [0.25, 0.3) is 0 Å². The number of anilines is 1. The largest absolute Gasteiger partial charge is 0.324 e. The first kappa shape index (κ1) is 14.9. The van der Waals surface area contributed by atoms with Gasteiger partial charge in [-0.05, 0) is 43.2 Å². The molecular weight excluding hydrogens is 293 g/mol. The quantitative estimate of drug-likeness (QED) is 0.867. The highest BCUT2D eigenvalue weighted by Crippen LogP contribution is 2.25. The van der Waals surface area contributed by atoms with Crippen LogP contribution in [0.4, 0.5) is 5.69 Å². The SMILES string of the molecule is Cc1ccc(C)c(CC(=O)Nc2cc(Cl)ccc2Cl)c1. The number of carbonyl (C=O) groups excluding carboxylic acids is 1. The molecule has 0 aromatic heterocycles. The molecular formula is C16H15Cl2NO. The van der Waals surface area contributed by atoms with E-state index >= 15 is 0 Å². The second kappa shape index (κ2) is 6.29. The third-order valence-corrected chi connectivity index (χ3v) is 3.62. The highest BCUT2D eigenvalue weighted by Gasteiger charge is 2.09. The van der Waals surface area contributed by atoms with E-state index in [-0.39, 0.29) is 5.91 Å². The molecule has 0 aliphatic heterocycles. The Kier molecular flexibility index (Phi) is 4.69. The molecule has 1 N–H and O–H groups in total. The Bertz CT molecular complexity index is 597. The smallest absolute Gasteiger partial charge is 0.228 e. The zero-order valence-corrected chi connectivity index (χ0v) is 12.8. The first-order valence-electron chi connectivity index (χ1n) is 6.27. The average molecular weight is 308 g/mol. The summed E-state index contributed by atoms with van der Waals surface area (Å²) in [6, 6.07) is 11.1. The van der Waals surface area contributed by atoms with E-state index in [4.69, 9.17) is 23.2 Å². The summed E-state index contributed by atoms with van der Waals surface area (Å²) >= 11 is 11.9. The van der Waals surface area contributed by atoms with Crippen LogP contribution in [0.2, 0.25) is 10.0 Å². The molecule has 0 unspecified atom stereocenters. The number of hydrogen-bond acceptors (Lipinski definition) is 1. The van der Waals surface area contributed by atoms with Crippen molar-refractivity contribution in [3.63, 3.8) is 0 Å². The molecule has 1 amide bonds. The number of rotatable bonds is 3. The van der Waals surface area contributed by atoms with Crippen molar-refractivity contribution in [1.82, 2.24) is 0 Å². The molecule has 0 saturated carbocycles. The molecule has 0 radical (unpaired) electrons. The van der Waals surface area contributed by atoms with Crippen LogP contribution in [0.3, 0.4) is 0 Å². The molecule has 2 nitrogen and oxygen atoms in total. The molecule has 0 heterocycles. The minimum atomic E-state index is -0.108. The van der Waals surface area contributed by atoms with E-state index in [0.29, 0.717) is 22.2 Å². The topological polar surface area (TPSA) is 29.1 Å². The third-order valence-electron chi connectivity index (χ3n) is 3.06. The van der Waals surface area contributed by atoms with Gasteiger partial charge in [0.1, 0.15) is 0 Å². The lowest BCUT2D eigenvalue weighted by Gasteiger charge is -2.10. The Balaban J connectivity index is 2.13. The van der Waals surface area contributed by atoms with E-state index in [9.17, 15) is 4.79 Å². The van der Waals surface area contributed by atoms with Gasteiger partial charge in [0.05, 0.1) is 17.1 Å². The molecule has 0 saturated heterocycles. The third kappa shape index (κ3) is 3.75. The van der Waals surface area contributed by atoms with E-state index in [2.05, 4.69) is 5.32 Å². The maximum atomic E-state index is 12.1. The molecule has 2 aromatic carbocycles. The van der Waals surface area contributed by atoms with Crippen LogP contribution in [0.25, 0.3) is 0 Å². The van der Waals surface area contributed by atoms with Crippen LogP contribution >= 0.6 is 23.2 Å². The fraction of sp³-hybridized carbons (Fsp3) is 0.188. The Morgan fingerprint density at radius 2 is 1.85 bits per heavy atom. The van der Waals surface area contributed by atoms with Crippen LogP contribution in [0.1, 0.15) is 16.7 Å². The second-order valence-corrected chi connectivity index (χ2v) is 5.62. The van der Waals surface area contributed by atoms with Crippen molar-refractivity contribution < 1.29 is 4.79 Å². The van der Waals surface area contributed by atoms with Crippen molar-refractivity contribution >= 4 is 34.8 Å². The number of benzene rings is 2. The minimum Gasteiger partial charge on any atom is -0.324 e. The number of nitrogens with one attached hydrogen (secondary N) is 1. The summed E-state index contributed by atoms with van der Waals surface area (Å²) in [5.74, 6) is -0.108. The van der Waals surface area contributed by atoms with Gasteiger partial charge >= 0.3 is 0 Å². The predicted molar refractivity (Wildman–Crippen MR) is 84.7 cm³/mol. The lowest BCUT2D eigenvalue weighted by molar-refractivity contribution is -0.115. The Morgan fingerprint density at radius 3 is 2.60 bits per heavy atom. The lowest BCUT2D eigenvalue weighted by Crippen LogP contribution is -2.15. The van der Waals surface area contributed by atoms with Crippen LogP contribution < -0.4 is 5.32 Å². The van der Waals surface area contributed by atoms with Gasteiger partial charge in [0.15, 0.2) is 0 Å². The van der Waals surface area contributed by atoms with E-state index in [1.807, 2.05) is 32.0 Å². The Labute approximate surface area is 128 Å². The van der Waals surface area contributed by atoms with Crippen LogP contribution in [0, 0.1) is 13.8 Å². The normalized spacial score (nSPS) is 10.4. The highest BCUT2D eigenvalue weighted by molar-refractivity contribution is 6.35.